The molecule has 0 saturated carbocycles. The van der Waals surface area contributed by atoms with E-state index >= 15 is 0 Å². The second-order valence-corrected chi connectivity index (χ2v) is 4.98. The molecule has 104 valence electrons. The Morgan fingerprint density at radius 2 is 1.90 bits per heavy atom. The Morgan fingerprint density at radius 1 is 1.20 bits per heavy atom. The van der Waals surface area contributed by atoms with Crippen molar-refractivity contribution in [2.45, 2.75) is 6.42 Å². The molecule has 0 aliphatic carbocycles. The monoisotopic (exact) mass is 308 g/mol. The van der Waals surface area contributed by atoms with Gasteiger partial charge in [-0.15, -0.1) is 0 Å². The highest BCUT2D eigenvalue weighted by atomic mass is 35.5. The summed E-state index contributed by atoms with van der Waals surface area (Å²) in [4.78, 5) is 8.55. The minimum Gasteiger partial charge on any atom is -0.403 e. The van der Waals surface area contributed by atoms with Gasteiger partial charge in [-0.1, -0.05) is 29.3 Å². The van der Waals surface area contributed by atoms with Gasteiger partial charge in [-0.3, -0.25) is 0 Å². The number of hydrogen-bond acceptors (Lipinski definition) is 4. The fourth-order valence-corrected chi connectivity index (χ4v) is 2.06. The summed E-state index contributed by atoms with van der Waals surface area (Å²) in [6.07, 6.45) is 5.67. The van der Waals surface area contributed by atoms with Gasteiger partial charge in [-0.2, -0.15) is 0 Å². The minimum atomic E-state index is 0.547. The lowest BCUT2D eigenvalue weighted by atomic mass is 10.1. The van der Waals surface area contributed by atoms with Crippen molar-refractivity contribution >= 4 is 28.9 Å². The predicted octanol–water partition coefficient (Wildman–Crippen LogP) is 2.85. The van der Waals surface area contributed by atoms with E-state index in [1.54, 1.807) is 25.5 Å². The van der Waals surface area contributed by atoms with Gasteiger partial charge in [0.25, 0.3) is 0 Å². The SMILES string of the molecule is CN/C(=C/N)c1ncc(Cc2ccc(Cl)c(Cl)c2)cn1. The van der Waals surface area contributed by atoms with E-state index in [4.69, 9.17) is 28.9 Å². The van der Waals surface area contributed by atoms with Gasteiger partial charge in [-0.25, -0.2) is 9.97 Å². The Hall–Kier alpha value is -1.78. The minimum absolute atomic E-state index is 0.547. The predicted molar refractivity (Wildman–Crippen MR) is 82.5 cm³/mol. The molecule has 6 heteroatoms. The van der Waals surface area contributed by atoms with Gasteiger partial charge in [0.05, 0.1) is 15.7 Å². The summed E-state index contributed by atoms with van der Waals surface area (Å²) in [6, 6.07) is 5.56. The lowest BCUT2D eigenvalue weighted by molar-refractivity contribution is 0.996. The molecular formula is C14H14Cl2N4. The second-order valence-electron chi connectivity index (χ2n) is 4.17. The van der Waals surface area contributed by atoms with Crippen molar-refractivity contribution < 1.29 is 0 Å². The number of nitrogens with zero attached hydrogens (tertiary/aromatic N) is 2. The van der Waals surface area contributed by atoms with Crippen molar-refractivity contribution in [3.63, 3.8) is 0 Å². The highest BCUT2D eigenvalue weighted by molar-refractivity contribution is 6.42. The van der Waals surface area contributed by atoms with Crippen molar-refractivity contribution in [2.24, 2.45) is 5.73 Å². The number of benzene rings is 1. The molecule has 0 amide bonds. The molecule has 0 atom stereocenters. The number of hydrogen-bond donors (Lipinski definition) is 2. The van der Waals surface area contributed by atoms with Crippen LogP contribution in [0.3, 0.4) is 0 Å². The van der Waals surface area contributed by atoms with Crippen LogP contribution in [0.1, 0.15) is 17.0 Å². The molecule has 1 aromatic heterocycles. The van der Waals surface area contributed by atoms with E-state index in [1.807, 2.05) is 12.1 Å². The van der Waals surface area contributed by atoms with Crippen LogP contribution in [0.4, 0.5) is 0 Å². The first kappa shape index (κ1) is 14.6. The van der Waals surface area contributed by atoms with Crippen molar-refractivity contribution in [1.82, 2.24) is 15.3 Å². The Labute approximate surface area is 127 Å². The smallest absolute Gasteiger partial charge is 0.177 e. The molecule has 0 fully saturated rings. The molecular weight excluding hydrogens is 295 g/mol. The fourth-order valence-electron chi connectivity index (χ4n) is 1.74. The molecule has 0 saturated heterocycles. The van der Waals surface area contributed by atoms with E-state index in [0.29, 0.717) is 28.0 Å². The summed E-state index contributed by atoms with van der Waals surface area (Å²) in [5.74, 6) is 0.563. The number of nitrogens with one attached hydrogen (secondary N) is 1. The molecule has 0 radical (unpaired) electrons. The molecule has 0 bridgehead atoms. The fraction of sp³-hybridized carbons (Fsp3) is 0.143. The normalized spacial score (nSPS) is 11.4. The number of aromatic nitrogens is 2. The van der Waals surface area contributed by atoms with Crippen LogP contribution in [-0.4, -0.2) is 17.0 Å². The molecule has 3 N–H and O–H groups in total. The van der Waals surface area contributed by atoms with Gasteiger partial charge in [0.2, 0.25) is 0 Å². The third kappa shape index (κ3) is 3.40. The lowest BCUT2D eigenvalue weighted by Crippen LogP contribution is -2.10. The van der Waals surface area contributed by atoms with Crippen molar-refractivity contribution in [1.29, 1.82) is 0 Å². The first-order valence-corrected chi connectivity index (χ1v) is 6.74. The lowest BCUT2D eigenvalue weighted by Gasteiger charge is -2.06. The Morgan fingerprint density at radius 3 is 2.45 bits per heavy atom. The summed E-state index contributed by atoms with van der Waals surface area (Å²) in [7, 11) is 1.77. The number of rotatable bonds is 4. The van der Waals surface area contributed by atoms with E-state index in [9.17, 15) is 0 Å². The van der Waals surface area contributed by atoms with Crippen LogP contribution in [0, 0.1) is 0 Å². The highest BCUT2D eigenvalue weighted by Gasteiger charge is 2.04. The zero-order valence-corrected chi connectivity index (χ0v) is 12.4. The van der Waals surface area contributed by atoms with E-state index in [1.165, 1.54) is 6.20 Å². The Bertz CT molecular complexity index is 624. The zero-order valence-electron chi connectivity index (χ0n) is 10.9. The van der Waals surface area contributed by atoms with E-state index in [0.717, 1.165) is 11.1 Å². The van der Waals surface area contributed by atoms with Crippen molar-refractivity contribution in [3.05, 3.63) is 63.8 Å². The molecule has 0 aliphatic rings. The average molecular weight is 309 g/mol. The quantitative estimate of drug-likeness (QED) is 0.911. The topological polar surface area (TPSA) is 63.8 Å². The first-order chi connectivity index (χ1) is 9.63. The van der Waals surface area contributed by atoms with Crippen LogP contribution in [0.25, 0.3) is 5.70 Å². The van der Waals surface area contributed by atoms with Crippen LogP contribution in [0.15, 0.2) is 36.8 Å². The number of nitrogens with two attached hydrogens (primary N) is 1. The van der Waals surface area contributed by atoms with Crippen LogP contribution in [-0.2, 0) is 6.42 Å². The van der Waals surface area contributed by atoms with E-state index < -0.39 is 0 Å². The summed E-state index contributed by atoms with van der Waals surface area (Å²) in [5.41, 5.74) is 8.20. The zero-order chi connectivity index (χ0) is 14.5. The third-order valence-corrected chi connectivity index (χ3v) is 3.51. The van der Waals surface area contributed by atoms with Gasteiger partial charge >= 0.3 is 0 Å². The van der Waals surface area contributed by atoms with Crippen LogP contribution in [0.5, 0.6) is 0 Å². The standard InChI is InChI=1S/C14H14Cl2N4/c1-18-13(6-17)14-19-7-10(8-20-14)4-9-2-3-11(15)12(16)5-9/h2-3,5-8,18H,4,17H2,1H3/b13-6+. The van der Waals surface area contributed by atoms with Gasteiger partial charge in [0, 0.05) is 32.1 Å². The van der Waals surface area contributed by atoms with Gasteiger partial charge < -0.3 is 11.1 Å². The average Bonchev–Trinajstić information content (AvgIpc) is 2.46. The van der Waals surface area contributed by atoms with E-state index in [2.05, 4.69) is 15.3 Å². The molecule has 2 rings (SSSR count). The number of halogens is 2. The molecule has 20 heavy (non-hydrogen) atoms. The summed E-state index contributed by atoms with van der Waals surface area (Å²) in [6.45, 7) is 0. The molecule has 1 heterocycles. The second kappa shape index (κ2) is 6.59. The van der Waals surface area contributed by atoms with Gasteiger partial charge in [-0.05, 0) is 23.3 Å². The summed E-state index contributed by atoms with van der Waals surface area (Å²) >= 11 is 11.9. The Balaban J connectivity index is 2.16. The molecule has 4 nitrogen and oxygen atoms in total. The van der Waals surface area contributed by atoms with E-state index in [-0.39, 0.29) is 0 Å². The summed E-state index contributed by atoms with van der Waals surface area (Å²) in [5, 5.41) is 4.03. The summed E-state index contributed by atoms with van der Waals surface area (Å²) < 4.78 is 0. The molecule has 0 aliphatic heterocycles. The van der Waals surface area contributed by atoms with Crippen LogP contribution in [0.2, 0.25) is 10.0 Å². The maximum Gasteiger partial charge on any atom is 0.177 e. The molecule has 0 unspecified atom stereocenters. The Kier molecular flexibility index (Phi) is 4.82. The maximum atomic E-state index is 5.99. The first-order valence-electron chi connectivity index (χ1n) is 5.99. The highest BCUT2D eigenvalue weighted by Crippen LogP contribution is 2.23. The molecule has 0 spiro atoms. The van der Waals surface area contributed by atoms with Gasteiger partial charge in [0.1, 0.15) is 0 Å². The molecule has 1 aromatic carbocycles. The van der Waals surface area contributed by atoms with Crippen molar-refractivity contribution in [2.75, 3.05) is 7.05 Å². The van der Waals surface area contributed by atoms with Crippen molar-refractivity contribution in [3.8, 4) is 0 Å². The molecule has 2 aromatic rings. The largest absolute Gasteiger partial charge is 0.403 e. The maximum absolute atomic E-state index is 5.99. The third-order valence-electron chi connectivity index (χ3n) is 2.77. The van der Waals surface area contributed by atoms with Crippen LogP contribution < -0.4 is 11.1 Å². The van der Waals surface area contributed by atoms with Crippen LogP contribution >= 0.6 is 23.2 Å². The van der Waals surface area contributed by atoms with Gasteiger partial charge in [0.15, 0.2) is 5.82 Å².